The Bertz CT molecular complexity index is 466. The molecule has 32 heavy (non-hydrogen) atoms. The van der Waals surface area contributed by atoms with Crippen molar-refractivity contribution in [2.45, 2.75) is 110 Å². The summed E-state index contributed by atoms with van der Waals surface area (Å²) in [5.41, 5.74) is -0.489. The van der Waals surface area contributed by atoms with Crippen molar-refractivity contribution in [1.29, 1.82) is 0 Å². The molecule has 0 heterocycles. The highest BCUT2D eigenvalue weighted by Gasteiger charge is 2.15. The van der Waals surface area contributed by atoms with Gasteiger partial charge in [-0.1, -0.05) is 51.9 Å². The monoisotopic (exact) mass is 458 g/mol. The topological polar surface area (TPSA) is 88.1 Å². The summed E-state index contributed by atoms with van der Waals surface area (Å²) in [7, 11) is 0. The van der Waals surface area contributed by atoms with Crippen LogP contribution in [0.3, 0.4) is 0 Å². The van der Waals surface area contributed by atoms with Crippen LogP contribution >= 0.6 is 0 Å². The number of carbonyl (C=O) groups excluding carboxylic acids is 2. The van der Waals surface area contributed by atoms with Crippen LogP contribution in [0.1, 0.15) is 105 Å². The lowest BCUT2D eigenvalue weighted by molar-refractivity contribution is -0.144. The van der Waals surface area contributed by atoms with E-state index in [0.717, 1.165) is 45.2 Å². The summed E-state index contributed by atoms with van der Waals surface area (Å²) in [6, 6.07) is 0. The number of esters is 1. The maximum Gasteiger partial charge on any atom is 0.407 e. The molecule has 7 heteroatoms. The van der Waals surface area contributed by atoms with Crippen molar-refractivity contribution in [3.8, 4) is 0 Å². The van der Waals surface area contributed by atoms with Crippen LogP contribution in [0.4, 0.5) is 4.79 Å². The van der Waals surface area contributed by atoms with Crippen molar-refractivity contribution in [1.82, 2.24) is 10.2 Å². The Morgan fingerprint density at radius 3 is 2.09 bits per heavy atom. The molecule has 0 aliphatic carbocycles. The Kier molecular flexibility index (Phi) is 19.4. The van der Waals surface area contributed by atoms with Gasteiger partial charge in [0.15, 0.2) is 0 Å². The number of nitrogens with zero attached hydrogens (tertiary/aromatic N) is 1. The Morgan fingerprint density at radius 2 is 1.47 bits per heavy atom. The molecule has 1 amide bonds. The minimum Gasteiger partial charge on any atom is -0.466 e. The lowest BCUT2D eigenvalue weighted by Crippen LogP contribution is -2.33. The van der Waals surface area contributed by atoms with E-state index in [1.807, 2.05) is 20.8 Å². The molecule has 0 aliphatic rings. The number of rotatable bonds is 20. The van der Waals surface area contributed by atoms with Crippen LogP contribution in [0.5, 0.6) is 0 Å². The summed E-state index contributed by atoms with van der Waals surface area (Å²) in [4.78, 5) is 25.7. The highest BCUT2D eigenvalue weighted by atomic mass is 16.6. The van der Waals surface area contributed by atoms with E-state index in [4.69, 9.17) is 9.47 Å². The van der Waals surface area contributed by atoms with E-state index < -0.39 is 11.7 Å². The third-order valence-corrected chi connectivity index (χ3v) is 5.10. The van der Waals surface area contributed by atoms with Crippen LogP contribution in [0.25, 0.3) is 0 Å². The number of ether oxygens (including phenoxy) is 2. The van der Waals surface area contributed by atoms with Crippen molar-refractivity contribution >= 4 is 12.1 Å². The number of amides is 1. The van der Waals surface area contributed by atoms with Gasteiger partial charge in [-0.05, 0) is 59.5 Å². The third kappa shape index (κ3) is 21.9. The zero-order valence-electron chi connectivity index (χ0n) is 21.3. The normalized spacial score (nSPS) is 11.6. The average molecular weight is 459 g/mol. The van der Waals surface area contributed by atoms with Gasteiger partial charge in [-0.25, -0.2) is 4.79 Å². The Morgan fingerprint density at radius 1 is 0.844 bits per heavy atom. The smallest absolute Gasteiger partial charge is 0.407 e. The second-order valence-electron chi connectivity index (χ2n) is 9.50. The molecule has 7 nitrogen and oxygen atoms in total. The van der Waals surface area contributed by atoms with Gasteiger partial charge in [0.25, 0.3) is 0 Å². The van der Waals surface area contributed by atoms with Gasteiger partial charge in [-0.2, -0.15) is 0 Å². The van der Waals surface area contributed by atoms with Crippen LogP contribution in [-0.2, 0) is 14.3 Å². The molecule has 2 N–H and O–H groups in total. The zero-order valence-corrected chi connectivity index (χ0v) is 21.3. The van der Waals surface area contributed by atoms with Crippen LogP contribution < -0.4 is 5.32 Å². The molecule has 0 aromatic heterocycles. The molecule has 0 saturated heterocycles. The molecule has 190 valence electrons. The van der Waals surface area contributed by atoms with Gasteiger partial charge in [0.2, 0.25) is 0 Å². The van der Waals surface area contributed by atoms with E-state index in [2.05, 4.69) is 17.1 Å². The second-order valence-corrected chi connectivity index (χ2v) is 9.50. The van der Waals surface area contributed by atoms with Crippen molar-refractivity contribution in [3.63, 3.8) is 0 Å². The number of aliphatic hydroxyl groups is 1. The van der Waals surface area contributed by atoms with Crippen molar-refractivity contribution in [3.05, 3.63) is 0 Å². The third-order valence-electron chi connectivity index (χ3n) is 5.10. The summed E-state index contributed by atoms with van der Waals surface area (Å²) in [5, 5.41) is 12.0. The fourth-order valence-corrected chi connectivity index (χ4v) is 3.38. The van der Waals surface area contributed by atoms with Gasteiger partial charge >= 0.3 is 12.1 Å². The van der Waals surface area contributed by atoms with E-state index in [1.54, 1.807) is 0 Å². The molecule has 0 bridgehead atoms. The number of hydrogen-bond donors (Lipinski definition) is 2. The van der Waals surface area contributed by atoms with E-state index in [0.29, 0.717) is 26.1 Å². The molecule has 0 rings (SSSR count). The quantitative estimate of drug-likeness (QED) is 0.196. The fraction of sp³-hybridized carbons (Fsp3) is 0.920. The molecular formula is C25H50N2O5. The van der Waals surface area contributed by atoms with Crippen LogP contribution in [0, 0.1) is 0 Å². The highest BCUT2D eigenvalue weighted by molar-refractivity contribution is 5.69. The predicted molar refractivity (Wildman–Crippen MR) is 130 cm³/mol. The Balaban J connectivity index is 3.72. The van der Waals surface area contributed by atoms with Crippen LogP contribution in [-0.4, -0.2) is 67.1 Å². The molecular weight excluding hydrogens is 408 g/mol. The number of aliphatic hydroxyl groups excluding tert-OH is 1. The molecule has 0 aromatic rings. The van der Waals surface area contributed by atoms with Crippen molar-refractivity contribution in [2.75, 3.05) is 39.4 Å². The first-order chi connectivity index (χ1) is 15.3. The van der Waals surface area contributed by atoms with E-state index in [1.165, 1.54) is 38.5 Å². The van der Waals surface area contributed by atoms with Crippen molar-refractivity contribution in [2.24, 2.45) is 0 Å². The largest absolute Gasteiger partial charge is 0.466 e. The SMILES string of the molecule is CCCCCCCCCCOC(=O)CCCN(CCO)CCCCNC(=O)OC(C)(C)C. The van der Waals surface area contributed by atoms with E-state index in [-0.39, 0.29) is 12.6 Å². The van der Waals surface area contributed by atoms with E-state index >= 15 is 0 Å². The summed E-state index contributed by atoms with van der Waals surface area (Å²) < 4.78 is 10.5. The van der Waals surface area contributed by atoms with Crippen LogP contribution in [0.2, 0.25) is 0 Å². The Hall–Kier alpha value is -1.34. The average Bonchev–Trinajstić information content (AvgIpc) is 2.71. The molecule has 0 aliphatic heterocycles. The molecule has 0 saturated carbocycles. The fourth-order valence-electron chi connectivity index (χ4n) is 3.38. The molecule has 0 aromatic carbocycles. The Labute approximate surface area is 196 Å². The molecule has 0 unspecified atom stereocenters. The van der Waals surface area contributed by atoms with Crippen LogP contribution in [0.15, 0.2) is 0 Å². The number of nitrogens with one attached hydrogen (secondary N) is 1. The highest BCUT2D eigenvalue weighted by Crippen LogP contribution is 2.09. The van der Waals surface area contributed by atoms with Gasteiger partial charge in [0.05, 0.1) is 13.2 Å². The minimum absolute atomic E-state index is 0.0963. The maximum absolute atomic E-state index is 11.9. The summed E-state index contributed by atoms with van der Waals surface area (Å²) >= 11 is 0. The van der Waals surface area contributed by atoms with E-state index in [9.17, 15) is 14.7 Å². The molecule has 0 spiro atoms. The number of alkyl carbamates (subject to hydrolysis) is 1. The molecule has 0 atom stereocenters. The minimum atomic E-state index is -0.489. The predicted octanol–water partition coefficient (Wildman–Crippen LogP) is 5.05. The number of hydrogen-bond acceptors (Lipinski definition) is 6. The first kappa shape index (κ1) is 30.7. The number of unbranched alkanes of at least 4 members (excludes halogenated alkanes) is 8. The number of carbonyl (C=O) groups is 2. The van der Waals surface area contributed by atoms with Crippen molar-refractivity contribution < 1.29 is 24.2 Å². The van der Waals surface area contributed by atoms with Gasteiger partial charge in [-0.3, -0.25) is 4.79 Å². The standard InChI is InChI=1S/C25H50N2O5/c1-5-6-7-8-9-10-11-14-22-31-23(29)16-15-19-27(20-21-28)18-13-12-17-26-24(30)32-25(2,3)4/h28H,5-22H2,1-4H3,(H,26,30). The molecule has 0 radical (unpaired) electrons. The van der Waals surface area contributed by atoms with Gasteiger partial charge < -0.3 is 24.8 Å². The summed E-state index contributed by atoms with van der Waals surface area (Å²) in [5.74, 6) is -0.126. The van der Waals surface area contributed by atoms with Gasteiger partial charge in [0, 0.05) is 19.5 Å². The summed E-state index contributed by atoms with van der Waals surface area (Å²) in [6.07, 6.45) is 12.3. The first-order valence-electron chi connectivity index (χ1n) is 12.7. The second kappa shape index (κ2) is 20.3. The zero-order chi connectivity index (χ0) is 24.1. The molecule has 0 fully saturated rings. The lowest BCUT2D eigenvalue weighted by atomic mass is 10.1. The van der Waals surface area contributed by atoms with Gasteiger partial charge in [-0.15, -0.1) is 0 Å². The maximum atomic E-state index is 11.9. The summed E-state index contributed by atoms with van der Waals surface area (Å²) in [6.45, 7) is 11.1. The van der Waals surface area contributed by atoms with Gasteiger partial charge in [0.1, 0.15) is 5.60 Å². The lowest BCUT2D eigenvalue weighted by Gasteiger charge is -2.21. The first-order valence-corrected chi connectivity index (χ1v) is 12.7.